The van der Waals surface area contributed by atoms with Gasteiger partial charge in [0.25, 0.3) is 0 Å². The number of carbonyl (C=O) groups excluding carboxylic acids is 2. The molecule has 0 spiro atoms. The Morgan fingerprint density at radius 2 is 1.76 bits per heavy atom. The van der Waals surface area contributed by atoms with Crippen LogP contribution in [0.15, 0.2) is 42.5 Å². The molecule has 8 nitrogen and oxygen atoms in total. The highest BCUT2D eigenvalue weighted by atomic mass is 32.2. The smallest absolute Gasteiger partial charge is 0.244 e. The van der Waals surface area contributed by atoms with Crippen molar-refractivity contribution in [3.05, 3.63) is 59.4 Å². The summed E-state index contributed by atoms with van der Waals surface area (Å²) in [6.07, 6.45) is 1.32. The van der Waals surface area contributed by atoms with E-state index in [0.29, 0.717) is 24.3 Å². The lowest BCUT2D eigenvalue weighted by atomic mass is 10.1. The highest BCUT2D eigenvalue weighted by molar-refractivity contribution is 7.92. The minimum absolute atomic E-state index is 0.0112. The first-order chi connectivity index (χ1) is 16.0. The number of methoxy groups -OCH3 is 1. The highest BCUT2D eigenvalue weighted by Crippen LogP contribution is 2.31. The fraction of sp³-hybridized carbons (Fsp3) is 0.417. The average molecular weight is 494 g/mol. The third kappa shape index (κ3) is 6.93. The van der Waals surface area contributed by atoms with Gasteiger partial charge in [0.05, 0.1) is 19.1 Å². The van der Waals surface area contributed by atoms with Gasteiger partial charge in [0.1, 0.15) is 24.2 Å². The molecule has 0 fully saturated rings. The van der Waals surface area contributed by atoms with Crippen molar-refractivity contribution in [1.82, 2.24) is 10.2 Å². The van der Waals surface area contributed by atoms with E-state index in [2.05, 4.69) is 5.32 Å². The van der Waals surface area contributed by atoms with Crippen LogP contribution in [-0.4, -0.2) is 57.6 Å². The van der Waals surface area contributed by atoms with E-state index >= 15 is 0 Å². The van der Waals surface area contributed by atoms with Crippen molar-refractivity contribution in [1.29, 1.82) is 0 Å². The molecule has 0 radical (unpaired) electrons. The molecule has 2 amide bonds. The van der Waals surface area contributed by atoms with Gasteiger partial charge in [0.2, 0.25) is 21.8 Å². The van der Waals surface area contributed by atoms with Gasteiger partial charge in [-0.25, -0.2) is 12.8 Å². The first-order valence-electron chi connectivity index (χ1n) is 11.0. The minimum Gasteiger partial charge on any atom is -0.495 e. The summed E-state index contributed by atoms with van der Waals surface area (Å²) >= 11 is 0. The molecule has 0 saturated carbocycles. The molecule has 1 atom stereocenters. The number of nitrogens with zero attached hydrogens (tertiary/aromatic N) is 2. The van der Waals surface area contributed by atoms with Crippen LogP contribution in [0.1, 0.15) is 31.4 Å². The van der Waals surface area contributed by atoms with Gasteiger partial charge >= 0.3 is 0 Å². The Labute approximate surface area is 200 Å². The summed E-state index contributed by atoms with van der Waals surface area (Å²) in [4.78, 5) is 27.6. The zero-order chi connectivity index (χ0) is 25.5. The molecule has 0 saturated heterocycles. The van der Waals surface area contributed by atoms with Crippen molar-refractivity contribution in [2.75, 3.05) is 30.8 Å². The Kier molecular flexibility index (Phi) is 9.43. The molecule has 0 aliphatic heterocycles. The molecule has 0 heterocycles. The second-order valence-corrected chi connectivity index (χ2v) is 9.82. The quantitative estimate of drug-likeness (QED) is 0.519. The fourth-order valence-corrected chi connectivity index (χ4v) is 4.43. The number of hydrogen-bond donors (Lipinski definition) is 1. The van der Waals surface area contributed by atoms with Gasteiger partial charge in [-0.2, -0.15) is 0 Å². The Balaban J connectivity index is 2.49. The number of carbonyl (C=O) groups is 2. The fourth-order valence-electron chi connectivity index (χ4n) is 3.59. The van der Waals surface area contributed by atoms with Gasteiger partial charge in [-0.15, -0.1) is 0 Å². The van der Waals surface area contributed by atoms with E-state index in [0.717, 1.165) is 16.1 Å². The lowest BCUT2D eigenvalue weighted by molar-refractivity contribution is -0.140. The molecule has 0 aromatic heterocycles. The van der Waals surface area contributed by atoms with Crippen LogP contribution in [0.4, 0.5) is 10.1 Å². The standard InChI is InChI=1S/C24H32FN3O5S/c1-6-20(24(30)26-7-2)27(15-18-9-11-19(25)12-10-18)23(29)16-28(34(5,31)32)21-14-17(3)8-13-22(21)33-4/h8-14,20H,6-7,15-16H2,1-5H3,(H,26,30)/t20-/m0/s1. The van der Waals surface area contributed by atoms with Crippen LogP contribution in [0.3, 0.4) is 0 Å². The van der Waals surface area contributed by atoms with Crippen LogP contribution in [0.5, 0.6) is 5.75 Å². The molecule has 10 heteroatoms. The molecule has 0 bridgehead atoms. The van der Waals surface area contributed by atoms with Gasteiger partial charge < -0.3 is 15.0 Å². The monoisotopic (exact) mass is 493 g/mol. The first kappa shape index (κ1) is 27.1. The molecule has 0 unspecified atom stereocenters. The maximum atomic E-state index is 13.6. The maximum absolute atomic E-state index is 13.6. The van der Waals surface area contributed by atoms with E-state index < -0.39 is 34.3 Å². The highest BCUT2D eigenvalue weighted by Gasteiger charge is 2.32. The minimum atomic E-state index is -3.88. The summed E-state index contributed by atoms with van der Waals surface area (Å²) in [5.74, 6) is -1.05. The van der Waals surface area contributed by atoms with Gasteiger partial charge in [-0.3, -0.25) is 13.9 Å². The predicted octanol–water partition coefficient (Wildman–Crippen LogP) is 2.85. The molecule has 186 valence electrons. The number of sulfonamides is 1. The molecule has 2 aromatic carbocycles. The summed E-state index contributed by atoms with van der Waals surface area (Å²) in [5, 5.41) is 2.72. The number of halogens is 1. The van der Waals surface area contributed by atoms with Crippen LogP contribution in [-0.2, 0) is 26.2 Å². The van der Waals surface area contributed by atoms with E-state index in [-0.39, 0.29) is 18.1 Å². The molecule has 0 aliphatic carbocycles. The lowest BCUT2D eigenvalue weighted by Crippen LogP contribution is -2.52. The van der Waals surface area contributed by atoms with E-state index in [9.17, 15) is 22.4 Å². The van der Waals surface area contributed by atoms with Crippen LogP contribution in [0, 0.1) is 12.7 Å². The van der Waals surface area contributed by atoms with E-state index in [1.54, 1.807) is 39.0 Å². The molecule has 2 aromatic rings. The molecule has 2 rings (SSSR count). The molecule has 34 heavy (non-hydrogen) atoms. The third-order valence-corrected chi connectivity index (χ3v) is 6.41. The van der Waals surface area contributed by atoms with Crippen molar-refractivity contribution in [3.63, 3.8) is 0 Å². The van der Waals surface area contributed by atoms with E-state index in [1.165, 1.54) is 36.3 Å². The molecule has 1 N–H and O–H groups in total. The number of nitrogens with one attached hydrogen (secondary N) is 1. The van der Waals surface area contributed by atoms with Gasteiger partial charge in [0.15, 0.2) is 0 Å². The van der Waals surface area contributed by atoms with Crippen LogP contribution in [0.2, 0.25) is 0 Å². The Hall–Kier alpha value is -3.14. The maximum Gasteiger partial charge on any atom is 0.244 e. The first-order valence-corrected chi connectivity index (χ1v) is 12.8. The predicted molar refractivity (Wildman–Crippen MR) is 130 cm³/mol. The second-order valence-electron chi connectivity index (χ2n) is 7.91. The number of hydrogen-bond acceptors (Lipinski definition) is 5. The largest absolute Gasteiger partial charge is 0.495 e. The summed E-state index contributed by atoms with van der Waals surface area (Å²) in [6.45, 7) is 5.19. The van der Waals surface area contributed by atoms with Crippen molar-refractivity contribution >= 4 is 27.5 Å². The number of ether oxygens (including phenoxy) is 1. The van der Waals surface area contributed by atoms with Crippen molar-refractivity contribution < 1.29 is 27.1 Å². The van der Waals surface area contributed by atoms with Crippen molar-refractivity contribution in [2.24, 2.45) is 0 Å². The summed E-state index contributed by atoms with van der Waals surface area (Å²) < 4.78 is 45.1. The Bertz CT molecular complexity index is 1110. The normalized spacial score (nSPS) is 12.1. The number of benzene rings is 2. The lowest BCUT2D eigenvalue weighted by Gasteiger charge is -2.33. The number of aryl methyl sites for hydroxylation is 1. The van der Waals surface area contributed by atoms with Crippen LogP contribution >= 0.6 is 0 Å². The van der Waals surface area contributed by atoms with Crippen molar-refractivity contribution in [3.8, 4) is 5.75 Å². The van der Waals surface area contributed by atoms with Gasteiger partial charge in [-0.1, -0.05) is 25.1 Å². The van der Waals surface area contributed by atoms with Gasteiger partial charge in [-0.05, 0) is 55.7 Å². The average Bonchev–Trinajstić information content (AvgIpc) is 2.78. The Morgan fingerprint density at radius 3 is 2.29 bits per heavy atom. The van der Waals surface area contributed by atoms with Crippen LogP contribution in [0.25, 0.3) is 0 Å². The third-order valence-electron chi connectivity index (χ3n) is 5.29. The number of anilines is 1. The zero-order valence-electron chi connectivity index (χ0n) is 20.2. The van der Waals surface area contributed by atoms with E-state index in [1.807, 2.05) is 0 Å². The van der Waals surface area contributed by atoms with E-state index in [4.69, 9.17) is 4.74 Å². The van der Waals surface area contributed by atoms with Crippen LogP contribution < -0.4 is 14.4 Å². The second kappa shape index (κ2) is 11.8. The number of rotatable bonds is 11. The number of likely N-dealkylation sites (N-methyl/N-ethyl adjacent to an activating group) is 1. The summed E-state index contributed by atoms with van der Waals surface area (Å²) in [5.41, 5.74) is 1.62. The summed E-state index contributed by atoms with van der Waals surface area (Å²) in [6, 6.07) is 9.78. The topological polar surface area (TPSA) is 96.0 Å². The van der Waals surface area contributed by atoms with Crippen molar-refractivity contribution in [2.45, 2.75) is 39.8 Å². The Morgan fingerprint density at radius 1 is 1.12 bits per heavy atom. The summed E-state index contributed by atoms with van der Waals surface area (Å²) in [7, 11) is -2.47. The molecular weight excluding hydrogens is 461 g/mol. The number of amides is 2. The zero-order valence-corrected chi connectivity index (χ0v) is 21.0. The molecule has 0 aliphatic rings. The molecular formula is C24H32FN3O5S. The van der Waals surface area contributed by atoms with Gasteiger partial charge in [0, 0.05) is 13.1 Å². The SMILES string of the molecule is CCNC(=O)[C@H](CC)N(Cc1ccc(F)cc1)C(=O)CN(c1cc(C)ccc1OC)S(C)(=O)=O.